The fourth-order valence-electron chi connectivity index (χ4n) is 4.54. The van der Waals surface area contributed by atoms with Crippen LogP contribution in [0.3, 0.4) is 0 Å². The minimum absolute atomic E-state index is 0.121. The highest BCUT2D eigenvalue weighted by atomic mass is 32.3. The third kappa shape index (κ3) is 4.09. The molecule has 0 radical (unpaired) electrons. The van der Waals surface area contributed by atoms with Gasteiger partial charge in [0.15, 0.2) is 32.9 Å². The number of nitrogens with one attached hydrogen (secondary N) is 2. The molecule has 0 aromatic heterocycles. The van der Waals surface area contributed by atoms with Crippen molar-refractivity contribution >= 4 is 20.0 Å². The lowest BCUT2D eigenvalue weighted by atomic mass is 9.83. The van der Waals surface area contributed by atoms with E-state index in [4.69, 9.17) is 0 Å². The zero-order chi connectivity index (χ0) is 26.3. The zero-order valence-corrected chi connectivity index (χ0v) is 19.9. The standard InChI is InChI=1S/C23H19F5N2O4S2/c24-17-18(25)20(27)22(21(28)19(17)26)35(31,32)30-36(33,34)23(16-12-7-13-29-16,14-8-3-1-4-9-14)15-10-5-2-6-11-15/h1-6,8-11,16,29-30H,7,12-13H2. The number of hydrogen-bond donors (Lipinski definition) is 2. The van der Waals surface area contributed by atoms with Crippen molar-refractivity contribution < 1.29 is 38.8 Å². The summed E-state index contributed by atoms with van der Waals surface area (Å²) >= 11 is 0. The molecule has 1 unspecified atom stereocenters. The lowest BCUT2D eigenvalue weighted by molar-refractivity contribution is 0.357. The molecular formula is C23H19F5N2O4S2. The van der Waals surface area contributed by atoms with Crippen molar-refractivity contribution in [3.05, 3.63) is 101 Å². The second-order valence-electron chi connectivity index (χ2n) is 8.11. The average molecular weight is 547 g/mol. The lowest BCUT2D eigenvalue weighted by Gasteiger charge is -2.39. The largest absolute Gasteiger partial charge is 0.312 e. The van der Waals surface area contributed by atoms with E-state index < -0.39 is 64.8 Å². The first kappa shape index (κ1) is 26.2. The van der Waals surface area contributed by atoms with E-state index in [0.717, 1.165) is 0 Å². The summed E-state index contributed by atoms with van der Waals surface area (Å²) in [4.78, 5) is -2.29. The van der Waals surface area contributed by atoms with Crippen molar-refractivity contribution in [3.8, 4) is 0 Å². The summed E-state index contributed by atoms with van der Waals surface area (Å²) in [5, 5.41) is 3.04. The lowest BCUT2D eigenvalue weighted by Crippen LogP contribution is -2.56. The maximum Gasteiger partial charge on any atom is 0.259 e. The van der Waals surface area contributed by atoms with Gasteiger partial charge in [0.1, 0.15) is 0 Å². The van der Waals surface area contributed by atoms with Crippen LogP contribution in [-0.2, 0) is 24.8 Å². The molecule has 1 aliphatic heterocycles. The van der Waals surface area contributed by atoms with Gasteiger partial charge in [-0.15, -0.1) is 4.13 Å². The molecule has 4 rings (SSSR count). The van der Waals surface area contributed by atoms with Crippen LogP contribution in [-0.4, -0.2) is 29.4 Å². The van der Waals surface area contributed by atoms with Crippen LogP contribution in [0.15, 0.2) is 65.6 Å². The Balaban J connectivity index is 1.99. The van der Waals surface area contributed by atoms with Gasteiger partial charge in [0.05, 0.1) is 0 Å². The van der Waals surface area contributed by atoms with E-state index in [1.165, 1.54) is 52.7 Å². The number of hydrogen-bond acceptors (Lipinski definition) is 5. The second-order valence-corrected chi connectivity index (χ2v) is 11.8. The molecule has 0 bridgehead atoms. The molecular weight excluding hydrogens is 527 g/mol. The smallest absolute Gasteiger partial charge is 0.259 e. The molecule has 6 nitrogen and oxygen atoms in total. The predicted molar refractivity (Wildman–Crippen MR) is 120 cm³/mol. The quantitative estimate of drug-likeness (QED) is 0.268. The highest BCUT2D eigenvalue weighted by Gasteiger charge is 2.55. The van der Waals surface area contributed by atoms with Gasteiger partial charge in [-0.25, -0.2) is 38.8 Å². The molecule has 1 heterocycles. The van der Waals surface area contributed by atoms with Crippen LogP contribution in [0, 0.1) is 29.1 Å². The average Bonchev–Trinajstić information content (AvgIpc) is 3.37. The number of benzene rings is 3. The van der Waals surface area contributed by atoms with Crippen LogP contribution in [0.25, 0.3) is 0 Å². The van der Waals surface area contributed by atoms with Gasteiger partial charge in [0.2, 0.25) is 15.8 Å². The van der Waals surface area contributed by atoms with Gasteiger partial charge in [0, 0.05) is 6.04 Å². The third-order valence-electron chi connectivity index (χ3n) is 6.04. The van der Waals surface area contributed by atoms with Gasteiger partial charge < -0.3 is 5.32 Å². The fourth-order valence-corrected chi connectivity index (χ4v) is 8.68. The maximum absolute atomic E-state index is 14.4. The van der Waals surface area contributed by atoms with Crippen molar-refractivity contribution in [2.24, 2.45) is 0 Å². The van der Waals surface area contributed by atoms with Gasteiger partial charge in [-0.05, 0) is 30.5 Å². The first-order chi connectivity index (χ1) is 16.9. The van der Waals surface area contributed by atoms with Crippen molar-refractivity contribution in [1.29, 1.82) is 0 Å². The molecule has 36 heavy (non-hydrogen) atoms. The van der Waals surface area contributed by atoms with Crippen LogP contribution >= 0.6 is 0 Å². The van der Waals surface area contributed by atoms with Gasteiger partial charge in [-0.1, -0.05) is 60.7 Å². The van der Waals surface area contributed by atoms with Gasteiger partial charge in [-0.3, -0.25) is 0 Å². The van der Waals surface area contributed by atoms with E-state index in [1.54, 1.807) is 12.1 Å². The SMILES string of the molecule is O=S(=O)(NS(=O)(=O)C(c1ccccc1)(c1ccccc1)C1CCCN1)c1c(F)c(F)c(F)c(F)c1F. The Morgan fingerprint density at radius 3 is 1.58 bits per heavy atom. The highest BCUT2D eigenvalue weighted by Crippen LogP contribution is 2.44. The second kappa shape index (κ2) is 9.54. The Morgan fingerprint density at radius 2 is 1.17 bits per heavy atom. The normalized spacial score (nSPS) is 16.9. The van der Waals surface area contributed by atoms with Crippen LogP contribution in [0.2, 0.25) is 0 Å². The van der Waals surface area contributed by atoms with Crippen molar-refractivity contribution in [2.75, 3.05) is 6.54 Å². The van der Waals surface area contributed by atoms with Crippen molar-refractivity contribution in [2.45, 2.75) is 28.5 Å². The summed E-state index contributed by atoms with van der Waals surface area (Å²) in [5.41, 5.74) is 0.242. The number of halogens is 5. The Kier molecular flexibility index (Phi) is 6.94. The molecule has 1 atom stereocenters. The summed E-state index contributed by atoms with van der Waals surface area (Å²) in [6.07, 6.45) is 0.805. The third-order valence-corrected chi connectivity index (χ3v) is 10.3. The Morgan fingerprint density at radius 1 is 0.722 bits per heavy atom. The molecule has 3 aromatic carbocycles. The molecule has 1 aliphatic rings. The van der Waals surface area contributed by atoms with Gasteiger partial charge in [0.25, 0.3) is 10.0 Å². The predicted octanol–water partition coefficient (Wildman–Crippen LogP) is 3.69. The van der Waals surface area contributed by atoms with Crippen LogP contribution < -0.4 is 9.44 Å². The Labute approximate surface area is 204 Å². The van der Waals surface area contributed by atoms with E-state index in [-0.39, 0.29) is 17.5 Å². The minimum atomic E-state index is -5.83. The Hall–Kier alpha value is -2.87. The van der Waals surface area contributed by atoms with Crippen molar-refractivity contribution in [3.63, 3.8) is 0 Å². The molecule has 0 amide bonds. The summed E-state index contributed by atoms with van der Waals surface area (Å²) < 4.78 is 123. The number of rotatable bonds is 7. The number of sulfonamides is 2. The monoisotopic (exact) mass is 546 g/mol. The molecule has 0 saturated carbocycles. The molecule has 192 valence electrons. The fraction of sp³-hybridized carbons (Fsp3) is 0.217. The molecule has 0 aliphatic carbocycles. The highest BCUT2D eigenvalue weighted by molar-refractivity contribution is 8.05. The Bertz CT molecular complexity index is 1430. The van der Waals surface area contributed by atoms with E-state index in [2.05, 4.69) is 5.32 Å². The van der Waals surface area contributed by atoms with E-state index in [0.29, 0.717) is 13.0 Å². The zero-order valence-electron chi connectivity index (χ0n) is 18.3. The summed E-state index contributed by atoms with van der Waals surface area (Å²) in [5.74, 6) is -13.0. The molecule has 3 aromatic rings. The first-order valence-electron chi connectivity index (χ1n) is 10.6. The first-order valence-corrected chi connectivity index (χ1v) is 13.6. The molecule has 0 spiro atoms. The summed E-state index contributed by atoms with van der Waals surface area (Å²) in [7, 11) is -11.1. The maximum atomic E-state index is 14.4. The van der Waals surface area contributed by atoms with Crippen LogP contribution in [0.5, 0.6) is 0 Å². The summed E-state index contributed by atoms with van der Waals surface area (Å²) in [6.45, 7) is 0.395. The molecule has 2 N–H and O–H groups in total. The summed E-state index contributed by atoms with van der Waals surface area (Å²) in [6, 6.07) is 14.2. The topological polar surface area (TPSA) is 92.3 Å². The van der Waals surface area contributed by atoms with Gasteiger partial charge >= 0.3 is 0 Å². The van der Waals surface area contributed by atoms with Crippen molar-refractivity contribution in [1.82, 2.24) is 9.44 Å². The van der Waals surface area contributed by atoms with E-state index in [1.807, 2.05) is 0 Å². The molecule has 1 fully saturated rings. The van der Waals surface area contributed by atoms with Crippen LogP contribution in [0.4, 0.5) is 22.0 Å². The molecule has 1 saturated heterocycles. The van der Waals surface area contributed by atoms with E-state index >= 15 is 0 Å². The minimum Gasteiger partial charge on any atom is -0.312 e. The van der Waals surface area contributed by atoms with Gasteiger partial charge in [-0.2, -0.15) is 0 Å². The van der Waals surface area contributed by atoms with E-state index in [9.17, 15) is 38.8 Å². The molecule has 13 heteroatoms. The van der Waals surface area contributed by atoms with Crippen LogP contribution in [0.1, 0.15) is 24.0 Å².